The van der Waals surface area contributed by atoms with Crippen molar-refractivity contribution >= 4 is 0 Å². The number of rotatable bonds is 7. The molecule has 0 fully saturated rings. The Kier molecular flexibility index (Phi) is 10.4. The van der Waals surface area contributed by atoms with Gasteiger partial charge >= 0.3 is 0 Å². The van der Waals surface area contributed by atoms with E-state index in [1.54, 1.807) is 6.08 Å². The normalized spacial score (nSPS) is 10.7. The third-order valence-electron chi connectivity index (χ3n) is 1.79. The molecular weight excluding hydrogens is 234 g/mol. The largest absolute Gasteiger partial charge is 1.00 e. The molecule has 0 aliphatic rings. The van der Waals surface area contributed by atoms with Crippen LogP contribution in [0.1, 0.15) is 32.6 Å². The van der Waals surface area contributed by atoms with Gasteiger partial charge in [0.25, 0.3) is 0 Å². The van der Waals surface area contributed by atoms with Crippen molar-refractivity contribution in [3.8, 4) is 0 Å². The van der Waals surface area contributed by atoms with Gasteiger partial charge in [-0.2, -0.15) is 10.4 Å². The molecular formula is C9H20BrNO2. The molecule has 0 amide bonds. The van der Waals surface area contributed by atoms with E-state index < -0.39 is 4.81 Å². The summed E-state index contributed by atoms with van der Waals surface area (Å²) in [5.74, 6) is 0. The summed E-state index contributed by atoms with van der Waals surface area (Å²) in [6.07, 6.45) is 5.25. The fourth-order valence-electron chi connectivity index (χ4n) is 1.01. The van der Waals surface area contributed by atoms with E-state index >= 15 is 0 Å². The minimum atomic E-state index is -0.832. The van der Waals surface area contributed by atoms with Gasteiger partial charge in [0.2, 0.25) is 0 Å². The monoisotopic (exact) mass is 253 g/mol. The summed E-state index contributed by atoms with van der Waals surface area (Å²) in [5.41, 5.74) is 0. The smallest absolute Gasteiger partial charge is 0.142 e. The summed E-state index contributed by atoms with van der Waals surface area (Å²) < 4.78 is 0. The van der Waals surface area contributed by atoms with Crippen LogP contribution in [0, 0.1) is 0 Å². The molecule has 0 radical (unpaired) electrons. The van der Waals surface area contributed by atoms with Gasteiger partial charge in [0.15, 0.2) is 0 Å². The van der Waals surface area contributed by atoms with Crippen molar-refractivity contribution < 1.29 is 32.2 Å². The summed E-state index contributed by atoms with van der Waals surface area (Å²) in [6, 6.07) is 0. The second-order valence-electron chi connectivity index (χ2n) is 3.11. The van der Waals surface area contributed by atoms with Crippen molar-refractivity contribution in [2.24, 2.45) is 0 Å². The highest BCUT2D eigenvalue weighted by atomic mass is 79.9. The number of hydrogen-bond donors (Lipinski definition) is 2. The van der Waals surface area contributed by atoms with Crippen LogP contribution in [0.25, 0.3) is 0 Å². The lowest BCUT2D eigenvalue weighted by atomic mass is 10.3. The molecule has 0 saturated heterocycles. The lowest BCUT2D eigenvalue weighted by Crippen LogP contribution is -3.00. The molecule has 0 rings (SSSR count). The van der Waals surface area contributed by atoms with Gasteiger partial charge < -0.3 is 17.0 Å². The molecule has 0 aromatic carbocycles. The van der Waals surface area contributed by atoms with Crippen molar-refractivity contribution in [3.63, 3.8) is 0 Å². The molecule has 0 aliphatic carbocycles. The molecule has 13 heavy (non-hydrogen) atoms. The predicted molar refractivity (Wildman–Crippen MR) is 47.9 cm³/mol. The number of nitrogens with zero attached hydrogens (tertiary/aromatic N) is 1. The summed E-state index contributed by atoms with van der Waals surface area (Å²) in [7, 11) is 0. The molecule has 0 atom stereocenters. The summed E-state index contributed by atoms with van der Waals surface area (Å²) in [6.45, 7) is 6.42. The molecule has 0 heterocycles. The van der Waals surface area contributed by atoms with Gasteiger partial charge in [0.05, 0.1) is 0 Å². The Morgan fingerprint density at radius 2 is 1.77 bits per heavy atom. The first-order valence-electron chi connectivity index (χ1n) is 4.56. The summed E-state index contributed by atoms with van der Waals surface area (Å²) in [5, 5.41) is 18.7. The molecule has 2 N–H and O–H groups in total. The van der Waals surface area contributed by atoms with Gasteiger partial charge in [-0.3, -0.25) is 0 Å². The quantitative estimate of drug-likeness (QED) is 0.274. The highest BCUT2D eigenvalue weighted by molar-refractivity contribution is 4.64. The van der Waals surface area contributed by atoms with E-state index in [1.807, 2.05) is 6.92 Å². The van der Waals surface area contributed by atoms with Crippen LogP contribution in [-0.4, -0.2) is 28.3 Å². The van der Waals surface area contributed by atoms with Gasteiger partial charge in [0, 0.05) is 12.8 Å². The highest BCUT2D eigenvalue weighted by Crippen LogP contribution is 2.03. The maximum Gasteiger partial charge on any atom is 0.142 e. The third-order valence-corrected chi connectivity index (χ3v) is 1.79. The van der Waals surface area contributed by atoms with Crippen molar-refractivity contribution in [2.45, 2.75) is 32.6 Å². The summed E-state index contributed by atoms with van der Waals surface area (Å²) in [4.78, 5) is -0.832. The van der Waals surface area contributed by atoms with Gasteiger partial charge in [-0.05, 0) is 11.2 Å². The standard InChI is InChI=1S/C9H20NO2.BrH/c1-3-5-7-9-10(11,12)8-6-4-2;/h3,11-12H,1,4-9H2,2H3;1H/q+1;/p-1. The second-order valence-corrected chi connectivity index (χ2v) is 3.11. The van der Waals surface area contributed by atoms with E-state index in [1.165, 1.54) is 0 Å². The molecule has 0 spiro atoms. The number of unbranched alkanes of at least 4 members (excludes halogenated alkanes) is 2. The summed E-state index contributed by atoms with van der Waals surface area (Å²) >= 11 is 0. The topological polar surface area (TPSA) is 40.5 Å². The maximum absolute atomic E-state index is 9.33. The Bertz CT molecular complexity index is 129. The molecule has 0 saturated carbocycles. The molecule has 0 bridgehead atoms. The zero-order valence-corrected chi connectivity index (χ0v) is 9.83. The Labute approximate surface area is 90.9 Å². The lowest BCUT2D eigenvalue weighted by molar-refractivity contribution is -1.24. The minimum Gasteiger partial charge on any atom is -1.00 e. The molecule has 0 aliphatic heterocycles. The first-order valence-corrected chi connectivity index (χ1v) is 4.56. The first-order chi connectivity index (χ1) is 5.62. The third kappa shape index (κ3) is 10.0. The molecule has 0 aromatic rings. The van der Waals surface area contributed by atoms with Gasteiger partial charge in [-0.1, -0.05) is 19.4 Å². The van der Waals surface area contributed by atoms with Crippen molar-refractivity contribution in [1.29, 1.82) is 0 Å². The van der Waals surface area contributed by atoms with Gasteiger partial charge in [-0.15, -0.1) is 6.58 Å². The fourth-order valence-corrected chi connectivity index (χ4v) is 1.01. The molecule has 4 heteroatoms. The lowest BCUT2D eigenvalue weighted by Gasteiger charge is -2.20. The first kappa shape index (κ1) is 15.6. The van der Waals surface area contributed by atoms with Crippen LogP contribution >= 0.6 is 0 Å². The van der Waals surface area contributed by atoms with Crippen molar-refractivity contribution in [1.82, 2.24) is 0 Å². The van der Waals surface area contributed by atoms with E-state index in [-0.39, 0.29) is 17.0 Å². The van der Waals surface area contributed by atoms with Crippen LogP contribution in [0.3, 0.4) is 0 Å². The van der Waals surface area contributed by atoms with Crippen LogP contribution < -0.4 is 17.0 Å². The van der Waals surface area contributed by atoms with Crippen molar-refractivity contribution in [2.75, 3.05) is 13.1 Å². The number of hydroxylamine groups is 4. The molecule has 3 nitrogen and oxygen atoms in total. The molecule has 0 unspecified atom stereocenters. The zero-order chi connectivity index (χ0) is 9.45. The average Bonchev–Trinajstić information content (AvgIpc) is 2.01. The number of quaternary nitrogens is 1. The number of halogens is 1. The van der Waals surface area contributed by atoms with Crippen LogP contribution in [0.2, 0.25) is 0 Å². The van der Waals surface area contributed by atoms with E-state index in [4.69, 9.17) is 0 Å². The van der Waals surface area contributed by atoms with E-state index in [0.29, 0.717) is 13.1 Å². The van der Waals surface area contributed by atoms with Crippen molar-refractivity contribution in [3.05, 3.63) is 12.7 Å². The van der Waals surface area contributed by atoms with Gasteiger partial charge in [-0.25, -0.2) is 0 Å². The van der Waals surface area contributed by atoms with Crippen LogP contribution in [0.5, 0.6) is 0 Å². The Morgan fingerprint density at radius 1 is 1.23 bits per heavy atom. The number of hydrogen-bond acceptors (Lipinski definition) is 2. The Morgan fingerprint density at radius 3 is 2.23 bits per heavy atom. The predicted octanol–water partition coefficient (Wildman–Crippen LogP) is -0.648. The van der Waals surface area contributed by atoms with Crippen LogP contribution in [0.15, 0.2) is 12.7 Å². The second kappa shape index (κ2) is 8.69. The van der Waals surface area contributed by atoms with E-state index in [2.05, 4.69) is 6.58 Å². The minimum absolute atomic E-state index is 0. The van der Waals surface area contributed by atoms with Gasteiger partial charge in [0.1, 0.15) is 13.1 Å². The van der Waals surface area contributed by atoms with Crippen LogP contribution in [-0.2, 0) is 0 Å². The Hall–Kier alpha value is 0.100. The Balaban J connectivity index is 0. The molecule has 80 valence electrons. The van der Waals surface area contributed by atoms with Crippen LogP contribution in [0.4, 0.5) is 0 Å². The maximum atomic E-state index is 9.33. The van der Waals surface area contributed by atoms with E-state index in [9.17, 15) is 10.4 Å². The van der Waals surface area contributed by atoms with E-state index in [0.717, 1.165) is 25.7 Å². The molecule has 0 aromatic heterocycles. The number of allylic oxidation sites excluding steroid dienone is 1. The SMILES string of the molecule is C=CCCC[N+](O)(O)CCCC.[Br-]. The highest BCUT2D eigenvalue weighted by Gasteiger charge is 2.20. The zero-order valence-electron chi connectivity index (χ0n) is 8.25. The fraction of sp³-hybridized carbons (Fsp3) is 0.778. The average molecular weight is 254 g/mol.